The highest BCUT2D eigenvalue weighted by atomic mass is 79.9. The van der Waals surface area contributed by atoms with Crippen LogP contribution in [0.25, 0.3) is 6.08 Å². The molecule has 0 radical (unpaired) electrons. The van der Waals surface area contributed by atoms with E-state index in [0.717, 1.165) is 14.9 Å². The topological polar surface area (TPSA) is 29.1 Å². The lowest BCUT2D eigenvalue weighted by Gasteiger charge is -2.02. The zero-order chi connectivity index (χ0) is 12.8. The lowest BCUT2D eigenvalue weighted by Crippen LogP contribution is -2.20. The van der Waals surface area contributed by atoms with Gasteiger partial charge in [-0.05, 0) is 35.2 Å². The van der Waals surface area contributed by atoms with Gasteiger partial charge in [0.05, 0.1) is 0 Å². The zero-order valence-corrected chi connectivity index (χ0v) is 12.0. The van der Waals surface area contributed by atoms with E-state index in [-0.39, 0.29) is 5.91 Å². The molecule has 0 unspecified atom stereocenters. The van der Waals surface area contributed by atoms with Crippen molar-refractivity contribution in [3.63, 3.8) is 0 Å². The van der Waals surface area contributed by atoms with E-state index < -0.39 is 0 Å². The van der Waals surface area contributed by atoms with E-state index in [0.29, 0.717) is 6.54 Å². The summed E-state index contributed by atoms with van der Waals surface area (Å²) in [6.45, 7) is 0.543. The Kier molecular flexibility index (Phi) is 4.73. The number of carbonyl (C=O) groups excluding carboxylic acids is 1. The molecule has 2 rings (SSSR count). The van der Waals surface area contributed by atoms with Crippen molar-refractivity contribution < 1.29 is 4.79 Å². The second-order valence-electron chi connectivity index (χ2n) is 3.69. The Hall–Kier alpha value is -1.39. The number of hydrogen-bond acceptors (Lipinski definition) is 2. The molecule has 2 nitrogen and oxygen atoms in total. The fourth-order valence-electron chi connectivity index (χ4n) is 1.39. The number of benzene rings is 1. The standard InChI is InChI=1S/C14H12BrNOS/c15-12-5-3-11(4-6-12)10-16-14(17)8-7-13-2-1-9-18-13/h1-9H,10H2,(H,16,17). The van der Waals surface area contributed by atoms with Crippen LogP contribution >= 0.6 is 27.3 Å². The Labute approximate surface area is 118 Å². The Bertz CT molecular complexity index is 531. The van der Waals surface area contributed by atoms with Gasteiger partial charge in [0.15, 0.2) is 0 Å². The van der Waals surface area contributed by atoms with Gasteiger partial charge in [-0.15, -0.1) is 11.3 Å². The maximum Gasteiger partial charge on any atom is 0.244 e. The molecule has 0 aliphatic rings. The van der Waals surface area contributed by atoms with Crippen LogP contribution in [0.15, 0.2) is 52.3 Å². The molecule has 1 heterocycles. The molecule has 1 aromatic heterocycles. The second-order valence-corrected chi connectivity index (χ2v) is 5.59. The van der Waals surface area contributed by atoms with Gasteiger partial charge in [0, 0.05) is 22.0 Å². The number of thiophene rings is 1. The Morgan fingerprint density at radius 1 is 1.28 bits per heavy atom. The number of carbonyl (C=O) groups is 1. The molecule has 4 heteroatoms. The third-order valence-corrected chi connectivity index (χ3v) is 3.69. The van der Waals surface area contributed by atoms with E-state index in [9.17, 15) is 4.79 Å². The fraction of sp³-hybridized carbons (Fsp3) is 0.0714. The molecule has 92 valence electrons. The molecule has 0 saturated carbocycles. The van der Waals surface area contributed by atoms with Crippen molar-refractivity contribution in [3.8, 4) is 0 Å². The first-order valence-electron chi connectivity index (χ1n) is 5.48. The van der Waals surface area contributed by atoms with Gasteiger partial charge in [0.2, 0.25) is 5.91 Å². The molecule has 0 bridgehead atoms. The molecule has 0 fully saturated rings. The fourth-order valence-corrected chi connectivity index (χ4v) is 2.28. The molecular weight excluding hydrogens is 310 g/mol. The SMILES string of the molecule is O=C(C=Cc1cccs1)NCc1ccc(Br)cc1. The minimum absolute atomic E-state index is 0.0775. The Morgan fingerprint density at radius 3 is 2.72 bits per heavy atom. The number of nitrogens with one attached hydrogen (secondary N) is 1. The minimum atomic E-state index is -0.0775. The molecule has 0 spiro atoms. The molecule has 1 N–H and O–H groups in total. The normalized spacial score (nSPS) is 10.7. The maximum atomic E-state index is 11.6. The average molecular weight is 322 g/mol. The number of amides is 1. The van der Waals surface area contributed by atoms with Gasteiger partial charge in [-0.1, -0.05) is 34.1 Å². The maximum absolute atomic E-state index is 11.6. The lowest BCUT2D eigenvalue weighted by molar-refractivity contribution is -0.116. The highest BCUT2D eigenvalue weighted by molar-refractivity contribution is 9.10. The smallest absolute Gasteiger partial charge is 0.244 e. The van der Waals surface area contributed by atoms with E-state index in [1.165, 1.54) is 0 Å². The van der Waals surface area contributed by atoms with Crippen molar-refractivity contribution >= 4 is 39.2 Å². The highest BCUT2D eigenvalue weighted by Gasteiger charge is 1.97. The summed E-state index contributed by atoms with van der Waals surface area (Å²) in [5, 5.41) is 4.83. The van der Waals surface area contributed by atoms with Crippen LogP contribution in [-0.2, 0) is 11.3 Å². The van der Waals surface area contributed by atoms with Crippen LogP contribution in [0.5, 0.6) is 0 Å². The summed E-state index contributed by atoms with van der Waals surface area (Å²) in [5.41, 5.74) is 1.08. The first-order valence-corrected chi connectivity index (χ1v) is 7.15. The molecule has 0 aliphatic carbocycles. The van der Waals surface area contributed by atoms with Crippen molar-refractivity contribution in [3.05, 3.63) is 62.8 Å². The third kappa shape index (κ3) is 4.13. The number of hydrogen-bond donors (Lipinski definition) is 1. The predicted molar refractivity (Wildman–Crippen MR) is 79.3 cm³/mol. The number of halogens is 1. The van der Waals surface area contributed by atoms with Crippen molar-refractivity contribution in [2.45, 2.75) is 6.54 Å². The lowest BCUT2D eigenvalue weighted by atomic mass is 10.2. The van der Waals surface area contributed by atoms with Gasteiger partial charge in [0.1, 0.15) is 0 Å². The van der Waals surface area contributed by atoms with Crippen LogP contribution in [0.4, 0.5) is 0 Å². The summed E-state index contributed by atoms with van der Waals surface area (Å²) in [5.74, 6) is -0.0775. The second kappa shape index (κ2) is 6.52. The average Bonchev–Trinajstić information content (AvgIpc) is 2.89. The van der Waals surface area contributed by atoms with Crippen LogP contribution in [0.2, 0.25) is 0 Å². The molecule has 0 atom stereocenters. The molecule has 18 heavy (non-hydrogen) atoms. The van der Waals surface area contributed by atoms with Crippen molar-refractivity contribution in [1.82, 2.24) is 5.32 Å². The van der Waals surface area contributed by atoms with Gasteiger partial charge < -0.3 is 5.32 Å². The van der Waals surface area contributed by atoms with E-state index in [1.54, 1.807) is 17.4 Å². The van der Waals surface area contributed by atoms with Gasteiger partial charge in [0.25, 0.3) is 0 Å². The van der Waals surface area contributed by atoms with E-state index in [2.05, 4.69) is 21.2 Å². The quantitative estimate of drug-likeness (QED) is 0.852. The summed E-state index contributed by atoms with van der Waals surface area (Å²) >= 11 is 4.98. The first kappa shape index (κ1) is 13.1. The molecule has 0 aliphatic heterocycles. The van der Waals surface area contributed by atoms with E-state index in [1.807, 2.05) is 47.9 Å². The van der Waals surface area contributed by atoms with Gasteiger partial charge >= 0.3 is 0 Å². The molecule has 2 aromatic rings. The van der Waals surface area contributed by atoms with Gasteiger partial charge in [-0.25, -0.2) is 0 Å². The summed E-state index contributed by atoms with van der Waals surface area (Å²) in [7, 11) is 0. The zero-order valence-electron chi connectivity index (χ0n) is 9.60. The van der Waals surface area contributed by atoms with Crippen molar-refractivity contribution in [1.29, 1.82) is 0 Å². The van der Waals surface area contributed by atoms with Gasteiger partial charge in [-0.3, -0.25) is 4.79 Å². The molecule has 1 amide bonds. The van der Waals surface area contributed by atoms with E-state index >= 15 is 0 Å². The Balaban J connectivity index is 1.83. The van der Waals surface area contributed by atoms with Gasteiger partial charge in [-0.2, -0.15) is 0 Å². The highest BCUT2D eigenvalue weighted by Crippen LogP contribution is 2.11. The molecule has 0 saturated heterocycles. The third-order valence-electron chi connectivity index (χ3n) is 2.32. The number of rotatable bonds is 4. The van der Waals surface area contributed by atoms with Crippen LogP contribution in [0, 0.1) is 0 Å². The van der Waals surface area contributed by atoms with Crippen molar-refractivity contribution in [2.75, 3.05) is 0 Å². The summed E-state index contributed by atoms with van der Waals surface area (Å²) in [4.78, 5) is 12.7. The van der Waals surface area contributed by atoms with Crippen LogP contribution < -0.4 is 5.32 Å². The van der Waals surface area contributed by atoms with Crippen LogP contribution in [0.1, 0.15) is 10.4 Å². The van der Waals surface area contributed by atoms with E-state index in [4.69, 9.17) is 0 Å². The van der Waals surface area contributed by atoms with Crippen LogP contribution in [0.3, 0.4) is 0 Å². The summed E-state index contributed by atoms with van der Waals surface area (Å²) in [6, 6.07) is 11.8. The minimum Gasteiger partial charge on any atom is -0.348 e. The summed E-state index contributed by atoms with van der Waals surface area (Å²) in [6.07, 6.45) is 3.38. The molecular formula is C14H12BrNOS. The monoisotopic (exact) mass is 321 g/mol. The Morgan fingerprint density at radius 2 is 2.06 bits per heavy atom. The first-order chi connectivity index (χ1) is 8.74. The van der Waals surface area contributed by atoms with Crippen molar-refractivity contribution in [2.24, 2.45) is 0 Å². The predicted octanol–water partition coefficient (Wildman–Crippen LogP) is 3.84. The summed E-state index contributed by atoms with van der Waals surface area (Å²) < 4.78 is 1.04. The largest absolute Gasteiger partial charge is 0.348 e. The van der Waals surface area contributed by atoms with Crippen LogP contribution in [-0.4, -0.2) is 5.91 Å². The molecule has 1 aromatic carbocycles.